The number of hydrogen-bond donors (Lipinski definition) is 0. The minimum absolute atomic E-state index is 0.0896. The van der Waals surface area contributed by atoms with Crippen molar-refractivity contribution in [3.63, 3.8) is 0 Å². The molecule has 1 amide bonds. The molecule has 1 heterocycles. The first-order chi connectivity index (χ1) is 14.1. The Kier molecular flexibility index (Phi) is 5.79. The minimum Gasteiger partial charge on any atom is -0.489 e. The number of nitrogens with zero attached hydrogens (tertiary/aromatic N) is 1. The first-order valence-corrected chi connectivity index (χ1v) is 10.4. The maximum absolute atomic E-state index is 12.9. The van der Waals surface area contributed by atoms with Crippen LogP contribution < -0.4 is 9.64 Å². The van der Waals surface area contributed by atoms with E-state index in [1.165, 1.54) is 11.8 Å². The molecule has 3 aromatic rings. The summed E-state index contributed by atoms with van der Waals surface area (Å²) in [6.45, 7) is 2.54. The number of carbonyl (C=O) groups excluding carboxylic acids is 1. The van der Waals surface area contributed by atoms with Gasteiger partial charge in [-0.05, 0) is 48.4 Å². The molecule has 0 saturated carbocycles. The lowest BCUT2D eigenvalue weighted by atomic mass is 10.2. The molecule has 144 valence electrons. The van der Waals surface area contributed by atoms with Crippen LogP contribution >= 0.6 is 24.0 Å². The molecule has 0 aliphatic carbocycles. The van der Waals surface area contributed by atoms with Crippen molar-refractivity contribution in [2.75, 3.05) is 4.90 Å². The third-order valence-electron chi connectivity index (χ3n) is 4.51. The lowest BCUT2D eigenvalue weighted by Gasteiger charge is -2.14. The maximum Gasteiger partial charge on any atom is 0.270 e. The number of aryl methyl sites for hydroxylation is 1. The zero-order valence-electron chi connectivity index (χ0n) is 15.9. The molecule has 0 N–H and O–H groups in total. The van der Waals surface area contributed by atoms with E-state index >= 15 is 0 Å². The van der Waals surface area contributed by atoms with Crippen LogP contribution in [0.4, 0.5) is 5.69 Å². The van der Waals surface area contributed by atoms with Gasteiger partial charge in [-0.25, -0.2) is 0 Å². The van der Waals surface area contributed by atoms with E-state index < -0.39 is 0 Å². The van der Waals surface area contributed by atoms with Crippen molar-refractivity contribution in [1.82, 2.24) is 0 Å². The van der Waals surface area contributed by atoms with E-state index in [4.69, 9.17) is 17.0 Å². The van der Waals surface area contributed by atoms with Gasteiger partial charge in [-0.15, -0.1) is 0 Å². The Morgan fingerprint density at radius 2 is 1.66 bits per heavy atom. The van der Waals surface area contributed by atoms with Crippen molar-refractivity contribution in [1.29, 1.82) is 0 Å². The number of ether oxygens (including phenoxy) is 1. The van der Waals surface area contributed by atoms with Gasteiger partial charge in [0, 0.05) is 0 Å². The van der Waals surface area contributed by atoms with E-state index in [0.717, 1.165) is 28.1 Å². The van der Waals surface area contributed by atoms with Crippen LogP contribution in [0.2, 0.25) is 0 Å². The van der Waals surface area contributed by atoms with Crippen LogP contribution in [0.1, 0.15) is 16.7 Å². The summed E-state index contributed by atoms with van der Waals surface area (Å²) >= 11 is 6.76. The van der Waals surface area contributed by atoms with Crippen molar-refractivity contribution in [2.45, 2.75) is 13.5 Å². The molecular formula is C24H19NO2S2. The number of carbonyl (C=O) groups is 1. The van der Waals surface area contributed by atoms with E-state index in [1.807, 2.05) is 91.9 Å². The van der Waals surface area contributed by atoms with E-state index in [-0.39, 0.29) is 5.91 Å². The Morgan fingerprint density at radius 1 is 0.966 bits per heavy atom. The fraction of sp³-hybridized carbons (Fsp3) is 0.0833. The van der Waals surface area contributed by atoms with Gasteiger partial charge in [0.05, 0.1) is 10.6 Å². The molecule has 1 aliphatic heterocycles. The topological polar surface area (TPSA) is 29.5 Å². The van der Waals surface area contributed by atoms with Gasteiger partial charge in [0.25, 0.3) is 5.91 Å². The Hall–Kier alpha value is -2.89. The number of benzene rings is 3. The second-order valence-electron chi connectivity index (χ2n) is 6.70. The lowest BCUT2D eigenvalue weighted by molar-refractivity contribution is -0.113. The highest BCUT2D eigenvalue weighted by molar-refractivity contribution is 8.27. The van der Waals surface area contributed by atoms with Crippen LogP contribution in [-0.4, -0.2) is 10.2 Å². The third-order valence-corrected chi connectivity index (χ3v) is 5.81. The van der Waals surface area contributed by atoms with E-state index in [9.17, 15) is 4.79 Å². The molecule has 1 aliphatic rings. The Bertz CT molecular complexity index is 1060. The van der Waals surface area contributed by atoms with Crippen molar-refractivity contribution < 1.29 is 9.53 Å². The van der Waals surface area contributed by atoms with E-state index in [0.29, 0.717) is 15.8 Å². The molecule has 3 aromatic carbocycles. The summed E-state index contributed by atoms with van der Waals surface area (Å²) in [5.41, 5.74) is 3.99. The number of anilines is 1. The molecule has 0 spiro atoms. The molecule has 5 heteroatoms. The Labute approximate surface area is 180 Å². The number of rotatable bonds is 5. The molecule has 1 fully saturated rings. The highest BCUT2D eigenvalue weighted by Crippen LogP contribution is 2.36. The van der Waals surface area contributed by atoms with E-state index in [2.05, 4.69) is 0 Å². The number of thiocarbonyl (C=S) groups is 1. The molecule has 0 bridgehead atoms. The second-order valence-corrected chi connectivity index (χ2v) is 8.37. The van der Waals surface area contributed by atoms with Crippen molar-refractivity contribution >= 4 is 46.0 Å². The van der Waals surface area contributed by atoms with Crippen LogP contribution in [0.3, 0.4) is 0 Å². The Morgan fingerprint density at radius 3 is 2.34 bits per heavy atom. The van der Waals surface area contributed by atoms with Gasteiger partial charge in [-0.2, -0.15) is 0 Å². The van der Waals surface area contributed by atoms with Gasteiger partial charge < -0.3 is 4.74 Å². The van der Waals surface area contributed by atoms with Gasteiger partial charge in [-0.1, -0.05) is 84.1 Å². The molecule has 29 heavy (non-hydrogen) atoms. The predicted molar refractivity (Wildman–Crippen MR) is 124 cm³/mol. The summed E-state index contributed by atoms with van der Waals surface area (Å²) in [5.74, 6) is 0.700. The van der Waals surface area contributed by atoms with Crippen LogP contribution in [0.15, 0.2) is 83.8 Å². The monoisotopic (exact) mass is 417 g/mol. The fourth-order valence-electron chi connectivity index (χ4n) is 2.94. The number of hydrogen-bond acceptors (Lipinski definition) is 4. The quantitative estimate of drug-likeness (QED) is 0.377. The summed E-state index contributed by atoms with van der Waals surface area (Å²) in [4.78, 5) is 15.1. The average molecular weight is 418 g/mol. The van der Waals surface area contributed by atoms with Crippen LogP contribution in [0, 0.1) is 6.92 Å². The highest BCUT2D eigenvalue weighted by Gasteiger charge is 2.33. The summed E-state index contributed by atoms with van der Waals surface area (Å²) in [7, 11) is 0. The molecule has 1 saturated heterocycles. The molecular weight excluding hydrogens is 398 g/mol. The first kappa shape index (κ1) is 19.4. The summed E-state index contributed by atoms with van der Waals surface area (Å²) in [5, 5.41) is 0. The summed E-state index contributed by atoms with van der Waals surface area (Å²) in [6.07, 6.45) is 1.87. The van der Waals surface area contributed by atoms with Crippen molar-refractivity contribution in [3.8, 4) is 5.75 Å². The SMILES string of the molecule is Cc1ccc(N2C(=O)/C(=C/c3ccc(OCc4ccccc4)cc3)SC2=S)cc1. The first-order valence-electron chi connectivity index (χ1n) is 9.21. The van der Waals surface area contributed by atoms with Crippen LogP contribution in [0.25, 0.3) is 6.08 Å². The molecule has 3 nitrogen and oxygen atoms in total. The highest BCUT2D eigenvalue weighted by atomic mass is 32.2. The minimum atomic E-state index is -0.0896. The van der Waals surface area contributed by atoms with Crippen molar-refractivity contribution in [3.05, 3.63) is 100 Å². The van der Waals surface area contributed by atoms with Crippen LogP contribution in [-0.2, 0) is 11.4 Å². The smallest absolute Gasteiger partial charge is 0.270 e. The lowest BCUT2D eigenvalue weighted by Crippen LogP contribution is -2.27. The predicted octanol–water partition coefficient (Wildman–Crippen LogP) is 5.98. The zero-order chi connectivity index (χ0) is 20.2. The van der Waals surface area contributed by atoms with Gasteiger partial charge in [0.1, 0.15) is 12.4 Å². The molecule has 4 rings (SSSR count). The van der Waals surface area contributed by atoms with Gasteiger partial charge >= 0.3 is 0 Å². The summed E-state index contributed by atoms with van der Waals surface area (Å²) < 4.78 is 6.37. The van der Waals surface area contributed by atoms with Gasteiger partial charge in [-0.3, -0.25) is 9.69 Å². The van der Waals surface area contributed by atoms with Gasteiger partial charge in [0.15, 0.2) is 4.32 Å². The standard InChI is InChI=1S/C24H19NO2S2/c1-17-7-11-20(12-8-17)25-23(26)22(29-24(25)28)15-18-9-13-21(14-10-18)27-16-19-5-3-2-4-6-19/h2-15H,16H2,1H3/b22-15-. The van der Waals surface area contributed by atoms with E-state index in [1.54, 1.807) is 4.90 Å². The number of amides is 1. The normalized spacial score (nSPS) is 15.2. The largest absolute Gasteiger partial charge is 0.489 e. The molecule has 0 unspecified atom stereocenters. The fourth-order valence-corrected chi connectivity index (χ4v) is 4.24. The third kappa shape index (κ3) is 4.58. The van der Waals surface area contributed by atoms with Crippen LogP contribution in [0.5, 0.6) is 5.75 Å². The molecule has 0 aromatic heterocycles. The average Bonchev–Trinajstić information content (AvgIpc) is 3.02. The molecule has 0 atom stereocenters. The van der Waals surface area contributed by atoms with Gasteiger partial charge in [0.2, 0.25) is 0 Å². The van der Waals surface area contributed by atoms with Crippen molar-refractivity contribution in [2.24, 2.45) is 0 Å². The maximum atomic E-state index is 12.9. The Balaban J connectivity index is 1.45. The number of thioether (sulfide) groups is 1. The zero-order valence-corrected chi connectivity index (χ0v) is 17.5. The second kappa shape index (κ2) is 8.64. The summed E-state index contributed by atoms with van der Waals surface area (Å²) in [6, 6.07) is 25.5. The molecule has 0 radical (unpaired) electrons.